The summed E-state index contributed by atoms with van der Waals surface area (Å²) < 4.78 is 5.39. The zero-order valence-electron chi connectivity index (χ0n) is 23.6. The Balaban J connectivity index is 1.29. The van der Waals surface area contributed by atoms with Gasteiger partial charge in [-0.1, -0.05) is 49.2 Å². The maximum Gasteiger partial charge on any atom is 0.224 e. The highest BCUT2D eigenvalue weighted by molar-refractivity contribution is 5.91. The second kappa shape index (κ2) is 12.7. The Bertz CT molecular complexity index is 1670. The number of nitrogens with two attached hydrogens (primary N) is 1. The van der Waals surface area contributed by atoms with Gasteiger partial charge >= 0.3 is 0 Å². The van der Waals surface area contributed by atoms with E-state index in [-0.39, 0.29) is 24.2 Å². The van der Waals surface area contributed by atoms with E-state index in [0.29, 0.717) is 13.0 Å². The predicted octanol–water partition coefficient (Wildman–Crippen LogP) is 5.91. The fourth-order valence-corrected chi connectivity index (χ4v) is 5.43. The van der Waals surface area contributed by atoms with Gasteiger partial charge in [-0.25, -0.2) is 4.98 Å². The number of amides is 2. The quantitative estimate of drug-likeness (QED) is 0.136. The first-order valence-electron chi connectivity index (χ1n) is 14.2. The van der Waals surface area contributed by atoms with Gasteiger partial charge in [-0.05, 0) is 60.4 Å². The van der Waals surface area contributed by atoms with Crippen LogP contribution in [0.25, 0.3) is 32.9 Å². The largest absolute Gasteiger partial charge is 0.497 e. The molecule has 0 aliphatic carbocycles. The predicted molar refractivity (Wildman–Crippen MR) is 163 cm³/mol. The average Bonchev–Trinajstić information content (AvgIpc) is 3.58. The van der Waals surface area contributed by atoms with E-state index in [1.807, 2.05) is 43.5 Å². The summed E-state index contributed by atoms with van der Waals surface area (Å²) >= 11 is 0. The van der Waals surface area contributed by atoms with Gasteiger partial charge in [0.2, 0.25) is 11.8 Å². The Labute approximate surface area is 239 Å². The number of benzene rings is 3. The summed E-state index contributed by atoms with van der Waals surface area (Å²) in [6, 6.07) is 20.5. The molecule has 41 heavy (non-hydrogen) atoms. The van der Waals surface area contributed by atoms with Crippen molar-refractivity contribution in [3.8, 4) is 17.0 Å². The molecule has 2 heterocycles. The molecule has 1 unspecified atom stereocenters. The van der Waals surface area contributed by atoms with E-state index in [9.17, 15) is 9.59 Å². The highest BCUT2D eigenvalue weighted by atomic mass is 16.5. The lowest BCUT2D eigenvalue weighted by atomic mass is 9.99. The minimum Gasteiger partial charge on any atom is -0.497 e. The molecule has 5 N–H and O–H groups in total. The number of carbonyl (C=O) groups is 2. The summed E-state index contributed by atoms with van der Waals surface area (Å²) in [5.74, 6) is 1.29. The molecule has 0 spiro atoms. The number of rotatable bonds is 13. The molecule has 0 saturated heterocycles. The fraction of sp³-hybridized carbons (Fsp3) is 0.303. The van der Waals surface area contributed by atoms with Gasteiger partial charge in [0, 0.05) is 41.0 Å². The van der Waals surface area contributed by atoms with E-state index < -0.39 is 0 Å². The van der Waals surface area contributed by atoms with Gasteiger partial charge in [-0.15, -0.1) is 0 Å². The van der Waals surface area contributed by atoms with E-state index in [2.05, 4.69) is 45.6 Å². The standard InChI is InChI=1S/C33H37N5O3/c1-21-27(28-17-26(41-2)14-15-29(28)37-21)18-32(40)35-19-25(10-4-3-5-11-31(34)39)33-36-20-30(38-33)24-13-12-22-8-6-7-9-23(22)16-24/h6-9,12-17,20,25,37H,3-5,10-11,18-19H2,1-2H3,(H2,34,39)(H,35,40)(H,36,38). The molecule has 5 rings (SSSR count). The number of imidazole rings is 1. The molecule has 0 aliphatic heterocycles. The topological polar surface area (TPSA) is 126 Å². The van der Waals surface area contributed by atoms with Crippen molar-refractivity contribution in [2.24, 2.45) is 5.73 Å². The van der Waals surface area contributed by atoms with Crippen LogP contribution in [0, 0.1) is 6.92 Å². The van der Waals surface area contributed by atoms with Crippen molar-refractivity contribution in [2.45, 2.75) is 51.4 Å². The van der Waals surface area contributed by atoms with Crippen molar-refractivity contribution in [1.29, 1.82) is 0 Å². The van der Waals surface area contributed by atoms with Crippen molar-refractivity contribution in [3.63, 3.8) is 0 Å². The fourth-order valence-electron chi connectivity index (χ4n) is 5.43. The zero-order valence-corrected chi connectivity index (χ0v) is 23.6. The van der Waals surface area contributed by atoms with Crippen LogP contribution in [0.15, 0.2) is 66.9 Å². The summed E-state index contributed by atoms with van der Waals surface area (Å²) in [6.07, 6.45) is 5.91. The lowest BCUT2D eigenvalue weighted by Gasteiger charge is -2.16. The first-order chi connectivity index (χ1) is 19.9. The smallest absolute Gasteiger partial charge is 0.224 e. The lowest BCUT2D eigenvalue weighted by Crippen LogP contribution is -2.30. The molecule has 0 saturated carbocycles. The number of methoxy groups -OCH3 is 1. The normalized spacial score (nSPS) is 12.0. The number of carbonyl (C=O) groups excluding carboxylic acids is 2. The lowest BCUT2D eigenvalue weighted by molar-refractivity contribution is -0.120. The van der Waals surface area contributed by atoms with Crippen LogP contribution < -0.4 is 15.8 Å². The number of aromatic amines is 2. The number of nitrogens with one attached hydrogen (secondary N) is 3. The van der Waals surface area contributed by atoms with Crippen LogP contribution >= 0.6 is 0 Å². The number of hydrogen-bond acceptors (Lipinski definition) is 4. The van der Waals surface area contributed by atoms with Gasteiger partial charge in [0.1, 0.15) is 11.6 Å². The minimum absolute atomic E-state index is 0.00546. The molecule has 0 radical (unpaired) electrons. The summed E-state index contributed by atoms with van der Waals surface area (Å²) in [4.78, 5) is 35.9. The third kappa shape index (κ3) is 6.77. The molecular weight excluding hydrogens is 514 g/mol. The zero-order chi connectivity index (χ0) is 28.8. The van der Waals surface area contributed by atoms with E-state index in [0.717, 1.165) is 70.7 Å². The molecular formula is C33H37N5O3. The Morgan fingerprint density at radius 2 is 1.83 bits per heavy atom. The number of H-pyrrole nitrogens is 2. The van der Waals surface area contributed by atoms with E-state index in [1.54, 1.807) is 7.11 Å². The van der Waals surface area contributed by atoms with E-state index >= 15 is 0 Å². The summed E-state index contributed by atoms with van der Waals surface area (Å²) in [6.45, 7) is 2.45. The molecule has 5 aromatic rings. The Morgan fingerprint density at radius 3 is 2.63 bits per heavy atom. The van der Waals surface area contributed by atoms with E-state index in [4.69, 9.17) is 15.5 Å². The molecule has 1 atom stereocenters. The summed E-state index contributed by atoms with van der Waals surface area (Å²) in [7, 11) is 1.64. The molecule has 3 aromatic carbocycles. The van der Waals surface area contributed by atoms with Crippen molar-refractivity contribution in [3.05, 3.63) is 83.9 Å². The third-order valence-corrected chi connectivity index (χ3v) is 7.73. The van der Waals surface area contributed by atoms with Crippen LogP contribution in [-0.2, 0) is 16.0 Å². The van der Waals surface area contributed by atoms with Gasteiger partial charge in [-0.3, -0.25) is 9.59 Å². The van der Waals surface area contributed by atoms with Gasteiger partial charge in [0.05, 0.1) is 25.4 Å². The Kier molecular flexibility index (Phi) is 8.67. The van der Waals surface area contributed by atoms with Crippen LogP contribution in [0.3, 0.4) is 0 Å². The Hall–Kier alpha value is -4.59. The maximum atomic E-state index is 13.2. The monoisotopic (exact) mass is 551 g/mol. The molecule has 8 nitrogen and oxygen atoms in total. The van der Waals surface area contributed by atoms with Crippen molar-refractivity contribution in [1.82, 2.24) is 20.3 Å². The third-order valence-electron chi connectivity index (χ3n) is 7.73. The van der Waals surface area contributed by atoms with Crippen molar-refractivity contribution in [2.75, 3.05) is 13.7 Å². The van der Waals surface area contributed by atoms with Crippen LogP contribution in [0.1, 0.15) is 55.1 Å². The van der Waals surface area contributed by atoms with Crippen molar-refractivity contribution >= 4 is 33.5 Å². The average molecular weight is 552 g/mol. The first kappa shape index (κ1) is 28.0. The van der Waals surface area contributed by atoms with Gasteiger partial charge in [0.25, 0.3) is 0 Å². The number of unbranched alkanes of at least 4 members (excludes halogenated alkanes) is 2. The summed E-state index contributed by atoms with van der Waals surface area (Å²) in [5, 5.41) is 6.51. The number of hydrogen-bond donors (Lipinski definition) is 4. The Morgan fingerprint density at radius 1 is 1.00 bits per heavy atom. The SMILES string of the molecule is COc1ccc2[nH]c(C)c(CC(=O)NCC(CCCCCC(N)=O)c3ncc(-c4ccc5ccccc5c4)[nH]3)c2c1. The highest BCUT2D eigenvalue weighted by Gasteiger charge is 2.19. The highest BCUT2D eigenvalue weighted by Crippen LogP contribution is 2.28. The molecule has 212 valence electrons. The maximum absolute atomic E-state index is 13.2. The van der Waals surface area contributed by atoms with E-state index in [1.165, 1.54) is 10.8 Å². The number of aryl methyl sites for hydroxylation is 1. The minimum atomic E-state index is -0.273. The first-order valence-corrected chi connectivity index (χ1v) is 14.2. The molecule has 0 bridgehead atoms. The number of ether oxygens (including phenoxy) is 1. The summed E-state index contributed by atoms with van der Waals surface area (Å²) in [5.41, 5.74) is 10.2. The molecule has 0 aliphatic rings. The molecule has 8 heteroatoms. The molecule has 2 amide bonds. The number of fused-ring (bicyclic) bond motifs is 2. The van der Waals surface area contributed by atoms with Crippen molar-refractivity contribution < 1.29 is 14.3 Å². The number of primary amides is 1. The second-order valence-electron chi connectivity index (χ2n) is 10.6. The van der Waals surface area contributed by atoms with Gasteiger partial charge in [-0.2, -0.15) is 0 Å². The van der Waals surface area contributed by atoms with Gasteiger partial charge in [0.15, 0.2) is 0 Å². The second-order valence-corrected chi connectivity index (χ2v) is 10.6. The molecule has 0 fully saturated rings. The van der Waals surface area contributed by atoms with Crippen LogP contribution in [0.2, 0.25) is 0 Å². The molecule has 2 aromatic heterocycles. The van der Waals surface area contributed by atoms with Gasteiger partial charge < -0.3 is 25.8 Å². The number of nitrogens with zero attached hydrogens (tertiary/aromatic N) is 1. The van der Waals surface area contributed by atoms with Crippen LogP contribution in [-0.4, -0.2) is 40.4 Å². The number of aromatic nitrogens is 3. The van der Waals surface area contributed by atoms with Crippen LogP contribution in [0.4, 0.5) is 0 Å². The van der Waals surface area contributed by atoms with Crippen LogP contribution in [0.5, 0.6) is 5.75 Å².